The molecule has 2 heteroatoms. The highest BCUT2D eigenvalue weighted by Gasteiger charge is 2.39. The summed E-state index contributed by atoms with van der Waals surface area (Å²) in [6, 6.07) is 77.1. The molecule has 9 rings (SSSR count). The summed E-state index contributed by atoms with van der Waals surface area (Å²) in [4.78, 5) is 0. The Morgan fingerprint density at radius 3 is 0.962 bits per heavy atom. The van der Waals surface area contributed by atoms with E-state index in [1.54, 1.807) is 0 Å². The molecule has 0 spiro atoms. The van der Waals surface area contributed by atoms with Crippen LogP contribution >= 0.6 is 15.8 Å². The van der Waals surface area contributed by atoms with Gasteiger partial charge in [0.05, 0.1) is 0 Å². The largest absolute Gasteiger partial charge is 0.0762 e. The summed E-state index contributed by atoms with van der Waals surface area (Å²) in [5.41, 5.74) is 6.02. The normalized spacial score (nSPS) is 14.0. The Morgan fingerprint density at radius 2 is 0.604 bits per heavy atom. The van der Waals surface area contributed by atoms with Gasteiger partial charge in [-0.2, -0.15) is 0 Å². The molecule has 254 valence electrons. The SMILES string of the molecule is C1=C([C@@H](c2cccc3ccccc23)P(c2ccccc2)c2ccccc2)C([C@@H](c2cccc3ccccc23)P(c2ccccc2)c2ccccc2)=CC1. The van der Waals surface area contributed by atoms with Crippen LogP contribution in [0.15, 0.2) is 230 Å². The van der Waals surface area contributed by atoms with E-state index in [4.69, 9.17) is 0 Å². The van der Waals surface area contributed by atoms with Crippen LogP contribution in [0.3, 0.4) is 0 Å². The lowest BCUT2D eigenvalue weighted by molar-refractivity contribution is 1.05. The summed E-state index contributed by atoms with van der Waals surface area (Å²) in [5.74, 6) is 0. The van der Waals surface area contributed by atoms with Gasteiger partial charge >= 0.3 is 0 Å². The highest BCUT2D eigenvalue weighted by atomic mass is 31.1. The highest BCUT2D eigenvalue weighted by Crippen LogP contribution is 2.63. The number of rotatable bonds is 10. The van der Waals surface area contributed by atoms with Crippen LogP contribution in [0.2, 0.25) is 0 Å². The Labute approximate surface area is 315 Å². The van der Waals surface area contributed by atoms with Crippen LogP contribution < -0.4 is 21.2 Å². The molecule has 2 atom stereocenters. The molecule has 0 unspecified atom stereocenters. The van der Waals surface area contributed by atoms with Crippen molar-refractivity contribution < 1.29 is 0 Å². The fourth-order valence-corrected chi connectivity index (χ4v) is 14.0. The van der Waals surface area contributed by atoms with Crippen molar-refractivity contribution >= 4 is 58.6 Å². The van der Waals surface area contributed by atoms with E-state index >= 15 is 0 Å². The predicted molar refractivity (Wildman–Crippen MR) is 232 cm³/mol. The minimum Gasteiger partial charge on any atom is -0.0762 e. The van der Waals surface area contributed by atoms with Crippen LogP contribution in [0.5, 0.6) is 0 Å². The monoisotopic (exact) mass is 714 g/mol. The van der Waals surface area contributed by atoms with Gasteiger partial charge in [0.1, 0.15) is 0 Å². The Balaban J connectivity index is 1.33. The maximum absolute atomic E-state index is 2.57. The first kappa shape index (κ1) is 33.5. The average molecular weight is 715 g/mol. The summed E-state index contributed by atoms with van der Waals surface area (Å²) in [6.45, 7) is 0. The third kappa shape index (κ3) is 6.60. The van der Waals surface area contributed by atoms with E-state index in [0.717, 1.165) is 6.42 Å². The average Bonchev–Trinajstić information content (AvgIpc) is 3.72. The van der Waals surface area contributed by atoms with E-state index in [9.17, 15) is 0 Å². The Morgan fingerprint density at radius 1 is 0.302 bits per heavy atom. The van der Waals surface area contributed by atoms with E-state index in [2.05, 4.69) is 218 Å². The zero-order valence-corrected chi connectivity index (χ0v) is 31.3. The van der Waals surface area contributed by atoms with Gasteiger partial charge in [0.15, 0.2) is 0 Å². The molecule has 0 N–H and O–H groups in total. The molecule has 0 aromatic heterocycles. The Bertz CT molecular complexity index is 2270. The summed E-state index contributed by atoms with van der Waals surface area (Å²) in [7, 11) is -1.72. The van der Waals surface area contributed by atoms with Crippen LogP contribution in [-0.4, -0.2) is 0 Å². The maximum Gasteiger partial charge on any atom is 0.0378 e. The fourth-order valence-electron chi connectivity index (χ4n) is 8.21. The quantitative estimate of drug-likeness (QED) is 0.124. The second kappa shape index (κ2) is 15.3. The van der Waals surface area contributed by atoms with E-state index < -0.39 is 15.8 Å². The van der Waals surface area contributed by atoms with Crippen LogP contribution in [0, 0.1) is 0 Å². The van der Waals surface area contributed by atoms with Crippen LogP contribution in [0.1, 0.15) is 28.9 Å². The first-order valence-corrected chi connectivity index (χ1v) is 21.3. The molecular formula is C51H40P2. The highest BCUT2D eigenvalue weighted by molar-refractivity contribution is 7.74. The zero-order chi connectivity index (χ0) is 35.4. The number of hydrogen-bond acceptors (Lipinski definition) is 0. The Kier molecular flexibility index (Phi) is 9.66. The van der Waals surface area contributed by atoms with Crippen molar-refractivity contribution in [3.63, 3.8) is 0 Å². The summed E-state index contributed by atoms with van der Waals surface area (Å²) in [5, 5.41) is 10.8. The number of fused-ring (bicyclic) bond motifs is 2. The van der Waals surface area contributed by atoms with Gasteiger partial charge in [-0.1, -0.05) is 218 Å². The molecule has 0 saturated carbocycles. The van der Waals surface area contributed by atoms with Gasteiger partial charge < -0.3 is 0 Å². The van der Waals surface area contributed by atoms with Crippen LogP contribution in [0.25, 0.3) is 21.5 Å². The predicted octanol–water partition coefficient (Wildman–Crippen LogP) is 12.3. The van der Waals surface area contributed by atoms with Gasteiger partial charge in [-0.3, -0.25) is 0 Å². The van der Waals surface area contributed by atoms with Crippen molar-refractivity contribution in [1.29, 1.82) is 0 Å². The summed E-state index contributed by atoms with van der Waals surface area (Å²) in [6.07, 6.45) is 6.07. The minimum atomic E-state index is -0.859. The summed E-state index contributed by atoms with van der Waals surface area (Å²) >= 11 is 0. The lowest BCUT2D eigenvalue weighted by atomic mass is 9.90. The first-order chi connectivity index (χ1) is 26.3. The van der Waals surface area contributed by atoms with Gasteiger partial charge in [-0.15, -0.1) is 0 Å². The molecule has 1 aliphatic rings. The van der Waals surface area contributed by atoms with Crippen LogP contribution in [-0.2, 0) is 0 Å². The van der Waals surface area contributed by atoms with Gasteiger partial charge in [-0.25, -0.2) is 0 Å². The van der Waals surface area contributed by atoms with Gasteiger partial charge in [0.25, 0.3) is 0 Å². The molecule has 0 aliphatic heterocycles. The van der Waals surface area contributed by atoms with Crippen molar-refractivity contribution in [2.24, 2.45) is 0 Å². The lowest BCUT2D eigenvalue weighted by Crippen LogP contribution is -2.22. The fraction of sp³-hybridized carbons (Fsp3) is 0.0588. The molecule has 0 heterocycles. The second-order valence-electron chi connectivity index (χ2n) is 13.6. The number of allylic oxidation sites excluding steroid dienone is 4. The molecule has 1 aliphatic carbocycles. The molecule has 8 aromatic carbocycles. The number of hydrogen-bond donors (Lipinski definition) is 0. The first-order valence-electron chi connectivity index (χ1n) is 18.5. The van der Waals surface area contributed by atoms with E-state index in [1.807, 2.05) is 0 Å². The van der Waals surface area contributed by atoms with Crippen molar-refractivity contribution in [3.05, 3.63) is 241 Å². The Hall–Kier alpha value is -5.38. The molecule has 0 radical (unpaired) electrons. The standard InChI is InChI=1S/C51H40P2/c1-5-24-40(25-6-1)52(41-26-7-2-8-27-41)50(46-34-17-22-38-20-13-15-32-44(38)46)48-36-19-37-49(48)51(47-35-18-23-39-21-14-16-33-45(39)47)53(42-28-9-3-10-29-42)43-30-11-4-12-31-43/h1-18,20-37,50-51H,19H2/t50-,51-/m1/s1. The topological polar surface area (TPSA) is 0 Å². The second-order valence-corrected chi connectivity index (χ2v) is 18.2. The van der Waals surface area contributed by atoms with Crippen molar-refractivity contribution in [2.75, 3.05) is 0 Å². The molecule has 0 amide bonds. The van der Waals surface area contributed by atoms with Gasteiger partial charge in [-0.05, 0) is 87.3 Å². The third-order valence-corrected chi connectivity index (χ3v) is 16.1. The maximum atomic E-state index is 2.57. The molecule has 0 fully saturated rings. The van der Waals surface area contributed by atoms with Crippen molar-refractivity contribution in [2.45, 2.75) is 17.7 Å². The van der Waals surface area contributed by atoms with Gasteiger partial charge in [0, 0.05) is 11.3 Å². The van der Waals surface area contributed by atoms with Crippen molar-refractivity contribution in [1.82, 2.24) is 0 Å². The molecule has 53 heavy (non-hydrogen) atoms. The molecule has 0 bridgehead atoms. The summed E-state index contributed by atoms with van der Waals surface area (Å²) < 4.78 is 0. The number of benzene rings is 8. The zero-order valence-electron chi connectivity index (χ0n) is 29.5. The molecule has 0 saturated heterocycles. The third-order valence-electron chi connectivity index (χ3n) is 10.5. The van der Waals surface area contributed by atoms with Gasteiger partial charge in [0.2, 0.25) is 0 Å². The van der Waals surface area contributed by atoms with E-state index in [1.165, 1.54) is 65.0 Å². The van der Waals surface area contributed by atoms with E-state index in [-0.39, 0.29) is 11.3 Å². The minimum absolute atomic E-state index is 0.135. The lowest BCUT2D eigenvalue weighted by Gasteiger charge is -2.37. The molecular weight excluding hydrogens is 675 g/mol. The van der Waals surface area contributed by atoms with E-state index in [0.29, 0.717) is 0 Å². The molecule has 0 nitrogen and oxygen atoms in total. The van der Waals surface area contributed by atoms with Crippen LogP contribution in [0.4, 0.5) is 0 Å². The molecule has 8 aromatic rings. The smallest absolute Gasteiger partial charge is 0.0378 e. The van der Waals surface area contributed by atoms with Crippen molar-refractivity contribution in [3.8, 4) is 0 Å².